The van der Waals surface area contributed by atoms with Crippen molar-refractivity contribution in [2.75, 3.05) is 7.11 Å². The van der Waals surface area contributed by atoms with Gasteiger partial charge >= 0.3 is 0 Å². The summed E-state index contributed by atoms with van der Waals surface area (Å²) in [5.74, 6) is 1.21. The summed E-state index contributed by atoms with van der Waals surface area (Å²) < 4.78 is 5.02. The molecule has 4 heteroatoms. The Morgan fingerprint density at radius 2 is 1.95 bits per heavy atom. The zero-order chi connectivity index (χ0) is 14.5. The molecule has 1 aromatic heterocycles. The van der Waals surface area contributed by atoms with E-state index in [1.165, 1.54) is 11.6 Å². The van der Waals surface area contributed by atoms with E-state index in [1.54, 1.807) is 7.11 Å². The van der Waals surface area contributed by atoms with Crippen LogP contribution in [0.4, 0.5) is 0 Å². The van der Waals surface area contributed by atoms with Gasteiger partial charge in [-0.25, -0.2) is 4.98 Å². The maximum absolute atomic E-state index is 11.6. The molecule has 2 rings (SSSR count). The molecular weight excluding hydrogens is 252 g/mol. The van der Waals surface area contributed by atoms with Gasteiger partial charge in [0, 0.05) is 18.7 Å². The normalized spacial score (nSPS) is 11.0. The smallest absolute Gasteiger partial charge is 0.251 e. The van der Waals surface area contributed by atoms with Crippen LogP contribution in [0.2, 0.25) is 0 Å². The van der Waals surface area contributed by atoms with Gasteiger partial charge in [-0.1, -0.05) is 38.1 Å². The van der Waals surface area contributed by atoms with Crippen molar-refractivity contribution >= 4 is 0 Å². The van der Waals surface area contributed by atoms with Crippen molar-refractivity contribution in [2.24, 2.45) is 5.92 Å². The van der Waals surface area contributed by atoms with Crippen LogP contribution in [0.1, 0.15) is 25.1 Å². The van der Waals surface area contributed by atoms with Crippen molar-refractivity contribution in [1.29, 1.82) is 0 Å². The average Bonchev–Trinajstić information content (AvgIpc) is 2.38. The Labute approximate surface area is 118 Å². The van der Waals surface area contributed by atoms with Crippen molar-refractivity contribution in [1.82, 2.24) is 9.97 Å². The van der Waals surface area contributed by atoms with E-state index in [-0.39, 0.29) is 5.56 Å². The number of rotatable bonds is 5. The first kappa shape index (κ1) is 14.5. The van der Waals surface area contributed by atoms with Crippen LogP contribution in [0.3, 0.4) is 0 Å². The summed E-state index contributed by atoms with van der Waals surface area (Å²) in [4.78, 5) is 18.8. The fourth-order valence-electron chi connectivity index (χ4n) is 2.14. The zero-order valence-electron chi connectivity index (χ0n) is 12.1. The number of methoxy groups -OCH3 is 1. The van der Waals surface area contributed by atoms with E-state index in [1.807, 2.05) is 12.1 Å². The minimum Gasteiger partial charge on any atom is -0.378 e. The first-order chi connectivity index (χ1) is 9.58. The summed E-state index contributed by atoms with van der Waals surface area (Å²) in [6, 6.07) is 9.61. The summed E-state index contributed by atoms with van der Waals surface area (Å²) in [5, 5.41) is 0. The topological polar surface area (TPSA) is 55.0 Å². The van der Waals surface area contributed by atoms with E-state index in [4.69, 9.17) is 4.74 Å². The second-order valence-corrected chi connectivity index (χ2v) is 5.31. The SMILES string of the molecule is COCc1cc(=O)[nH]c(-c2ccc(CC(C)C)cc2)n1. The van der Waals surface area contributed by atoms with E-state index in [2.05, 4.69) is 35.9 Å². The van der Waals surface area contributed by atoms with Crippen LogP contribution in [0.5, 0.6) is 0 Å². The fourth-order valence-corrected chi connectivity index (χ4v) is 2.14. The van der Waals surface area contributed by atoms with Crippen molar-refractivity contribution in [2.45, 2.75) is 26.9 Å². The summed E-state index contributed by atoms with van der Waals surface area (Å²) >= 11 is 0. The van der Waals surface area contributed by atoms with Gasteiger partial charge in [0.1, 0.15) is 5.82 Å². The molecule has 0 aliphatic rings. The Hall–Kier alpha value is -1.94. The number of nitrogens with zero attached hydrogens (tertiary/aromatic N) is 1. The molecule has 0 spiro atoms. The Kier molecular flexibility index (Phi) is 4.69. The number of ether oxygens (including phenoxy) is 1. The molecule has 1 aromatic carbocycles. The largest absolute Gasteiger partial charge is 0.378 e. The molecule has 0 aliphatic carbocycles. The van der Waals surface area contributed by atoms with Crippen LogP contribution < -0.4 is 5.56 Å². The van der Waals surface area contributed by atoms with E-state index in [0.29, 0.717) is 24.0 Å². The lowest BCUT2D eigenvalue weighted by Gasteiger charge is -2.07. The van der Waals surface area contributed by atoms with Crippen LogP contribution in [0.15, 0.2) is 35.1 Å². The van der Waals surface area contributed by atoms with Gasteiger partial charge in [-0.15, -0.1) is 0 Å². The summed E-state index contributed by atoms with van der Waals surface area (Å²) in [6.45, 7) is 4.73. The lowest BCUT2D eigenvalue weighted by Crippen LogP contribution is -2.10. The van der Waals surface area contributed by atoms with Gasteiger partial charge in [-0.05, 0) is 17.9 Å². The number of benzene rings is 1. The molecule has 106 valence electrons. The molecular formula is C16H20N2O2. The molecule has 0 atom stereocenters. The Morgan fingerprint density at radius 3 is 2.55 bits per heavy atom. The quantitative estimate of drug-likeness (QED) is 0.910. The van der Waals surface area contributed by atoms with Crippen molar-refractivity contribution in [3.8, 4) is 11.4 Å². The average molecular weight is 272 g/mol. The number of nitrogens with one attached hydrogen (secondary N) is 1. The molecule has 1 heterocycles. The van der Waals surface area contributed by atoms with E-state index in [0.717, 1.165) is 12.0 Å². The molecule has 0 radical (unpaired) electrons. The fraction of sp³-hybridized carbons (Fsp3) is 0.375. The second-order valence-electron chi connectivity index (χ2n) is 5.31. The highest BCUT2D eigenvalue weighted by Crippen LogP contribution is 2.16. The predicted octanol–water partition coefficient (Wildman–Crippen LogP) is 2.78. The third kappa shape index (κ3) is 3.78. The second kappa shape index (κ2) is 6.48. The summed E-state index contributed by atoms with van der Waals surface area (Å²) in [6.07, 6.45) is 1.05. The minimum absolute atomic E-state index is 0.159. The summed E-state index contributed by atoms with van der Waals surface area (Å²) in [5.41, 5.74) is 2.68. The monoisotopic (exact) mass is 272 g/mol. The van der Waals surface area contributed by atoms with Crippen LogP contribution in [0.25, 0.3) is 11.4 Å². The Morgan fingerprint density at radius 1 is 1.25 bits per heavy atom. The highest BCUT2D eigenvalue weighted by Gasteiger charge is 2.05. The number of aromatic nitrogens is 2. The van der Waals surface area contributed by atoms with Gasteiger partial charge < -0.3 is 9.72 Å². The molecule has 0 bridgehead atoms. The maximum Gasteiger partial charge on any atom is 0.251 e. The van der Waals surface area contributed by atoms with Crippen LogP contribution in [-0.2, 0) is 17.8 Å². The van der Waals surface area contributed by atoms with Gasteiger partial charge in [-0.3, -0.25) is 4.79 Å². The Balaban J connectivity index is 2.29. The molecule has 4 nitrogen and oxygen atoms in total. The van der Waals surface area contributed by atoms with Crippen molar-refractivity contribution < 1.29 is 4.74 Å². The van der Waals surface area contributed by atoms with E-state index >= 15 is 0 Å². The molecule has 0 amide bonds. The molecule has 0 unspecified atom stereocenters. The standard InChI is InChI=1S/C16H20N2O2/c1-11(2)8-12-4-6-13(7-5-12)16-17-14(10-20-3)9-15(19)18-16/h4-7,9,11H,8,10H2,1-3H3,(H,17,18,19). The molecule has 0 saturated carbocycles. The van der Waals surface area contributed by atoms with Crippen LogP contribution >= 0.6 is 0 Å². The van der Waals surface area contributed by atoms with E-state index in [9.17, 15) is 4.79 Å². The first-order valence-corrected chi connectivity index (χ1v) is 6.77. The molecule has 0 aliphatic heterocycles. The molecule has 2 aromatic rings. The van der Waals surface area contributed by atoms with Gasteiger partial charge in [0.05, 0.1) is 12.3 Å². The van der Waals surface area contributed by atoms with Gasteiger partial charge in [0.15, 0.2) is 0 Å². The lowest BCUT2D eigenvalue weighted by atomic mass is 10.0. The Bertz CT molecular complexity index is 615. The third-order valence-electron chi connectivity index (χ3n) is 2.96. The molecule has 0 fully saturated rings. The zero-order valence-corrected chi connectivity index (χ0v) is 12.1. The van der Waals surface area contributed by atoms with Gasteiger partial charge in [0.2, 0.25) is 0 Å². The van der Waals surface area contributed by atoms with Crippen molar-refractivity contribution in [3.05, 3.63) is 51.9 Å². The number of hydrogen-bond acceptors (Lipinski definition) is 3. The van der Waals surface area contributed by atoms with Gasteiger partial charge in [-0.2, -0.15) is 0 Å². The summed E-state index contributed by atoms with van der Waals surface area (Å²) in [7, 11) is 1.59. The van der Waals surface area contributed by atoms with Crippen LogP contribution in [0, 0.1) is 5.92 Å². The number of H-pyrrole nitrogens is 1. The molecule has 1 N–H and O–H groups in total. The predicted molar refractivity (Wildman–Crippen MR) is 79.5 cm³/mol. The van der Waals surface area contributed by atoms with E-state index < -0.39 is 0 Å². The minimum atomic E-state index is -0.159. The van der Waals surface area contributed by atoms with Gasteiger partial charge in [0.25, 0.3) is 5.56 Å². The highest BCUT2D eigenvalue weighted by molar-refractivity contribution is 5.55. The van der Waals surface area contributed by atoms with Crippen molar-refractivity contribution in [3.63, 3.8) is 0 Å². The first-order valence-electron chi connectivity index (χ1n) is 6.77. The molecule has 20 heavy (non-hydrogen) atoms. The third-order valence-corrected chi connectivity index (χ3v) is 2.96. The lowest BCUT2D eigenvalue weighted by molar-refractivity contribution is 0.181. The number of hydrogen-bond donors (Lipinski definition) is 1. The highest BCUT2D eigenvalue weighted by atomic mass is 16.5. The maximum atomic E-state index is 11.6. The van der Waals surface area contributed by atoms with Crippen LogP contribution in [-0.4, -0.2) is 17.1 Å². The number of aromatic amines is 1. The molecule has 0 saturated heterocycles.